The van der Waals surface area contributed by atoms with Gasteiger partial charge in [-0.1, -0.05) is 35.9 Å². The van der Waals surface area contributed by atoms with Crippen LogP contribution in [0.25, 0.3) is 0 Å². The van der Waals surface area contributed by atoms with Gasteiger partial charge in [0, 0.05) is 28.0 Å². The van der Waals surface area contributed by atoms with Crippen molar-refractivity contribution in [1.82, 2.24) is 4.98 Å². The Hall–Kier alpha value is -1.38. The maximum absolute atomic E-state index is 10.3. The monoisotopic (exact) mass is 247 g/mol. The predicted octanol–water partition coefficient (Wildman–Crippen LogP) is 3.43. The predicted molar refractivity (Wildman–Crippen MR) is 69.2 cm³/mol. The van der Waals surface area contributed by atoms with Gasteiger partial charge >= 0.3 is 0 Å². The summed E-state index contributed by atoms with van der Waals surface area (Å²) in [4.78, 5) is 4.17. The topological polar surface area (TPSA) is 33.1 Å². The zero-order valence-corrected chi connectivity index (χ0v) is 10.6. The number of benzene rings is 1. The van der Waals surface area contributed by atoms with Crippen LogP contribution in [-0.4, -0.2) is 10.1 Å². The second-order valence-electron chi connectivity index (χ2n) is 4.11. The molecule has 1 N–H and O–H groups in total. The molecule has 0 fully saturated rings. The highest BCUT2D eigenvalue weighted by Crippen LogP contribution is 2.29. The second-order valence-corrected chi connectivity index (χ2v) is 4.49. The van der Waals surface area contributed by atoms with E-state index in [2.05, 4.69) is 4.98 Å². The van der Waals surface area contributed by atoms with E-state index in [4.69, 9.17) is 11.6 Å². The molecule has 1 aromatic heterocycles. The Balaban J connectivity index is 2.40. The molecule has 2 rings (SSSR count). The number of hydrogen-bond acceptors (Lipinski definition) is 2. The van der Waals surface area contributed by atoms with Crippen molar-refractivity contribution in [3.63, 3.8) is 0 Å². The van der Waals surface area contributed by atoms with E-state index in [1.807, 2.05) is 44.2 Å². The van der Waals surface area contributed by atoms with Crippen molar-refractivity contribution in [3.8, 4) is 0 Å². The normalized spacial score (nSPS) is 12.5. The fraction of sp³-hybridized carbons (Fsp3) is 0.214. The minimum atomic E-state index is -0.726. The molecule has 2 nitrogen and oxygen atoms in total. The van der Waals surface area contributed by atoms with Crippen LogP contribution in [0.5, 0.6) is 0 Å². The molecule has 0 aliphatic carbocycles. The molecule has 0 amide bonds. The molecular formula is C14H14ClNO. The molecule has 0 aliphatic heterocycles. The number of aryl methyl sites for hydroxylation is 2. The van der Waals surface area contributed by atoms with Crippen LogP contribution in [0.15, 0.2) is 36.5 Å². The van der Waals surface area contributed by atoms with Crippen molar-refractivity contribution in [1.29, 1.82) is 0 Å². The molecular weight excluding hydrogens is 234 g/mol. The van der Waals surface area contributed by atoms with E-state index >= 15 is 0 Å². The van der Waals surface area contributed by atoms with Gasteiger partial charge in [-0.05, 0) is 25.5 Å². The Morgan fingerprint density at radius 3 is 2.59 bits per heavy atom. The van der Waals surface area contributed by atoms with Crippen molar-refractivity contribution in [2.75, 3.05) is 0 Å². The maximum Gasteiger partial charge on any atom is 0.107 e. The van der Waals surface area contributed by atoms with E-state index in [1.165, 1.54) is 0 Å². The molecule has 1 unspecified atom stereocenters. The number of hydrogen-bond donors (Lipinski definition) is 1. The highest BCUT2D eigenvalue weighted by molar-refractivity contribution is 6.32. The Kier molecular flexibility index (Phi) is 3.46. The lowest BCUT2D eigenvalue weighted by atomic mass is 10.0. The minimum absolute atomic E-state index is 0.612. The van der Waals surface area contributed by atoms with Gasteiger partial charge in [0.25, 0.3) is 0 Å². The van der Waals surface area contributed by atoms with Crippen molar-refractivity contribution >= 4 is 11.6 Å². The van der Waals surface area contributed by atoms with Crippen LogP contribution < -0.4 is 0 Å². The Labute approximate surface area is 106 Å². The van der Waals surface area contributed by atoms with Gasteiger partial charge < -0.3 is 5.11 Å². The van der Waals surface area contributed by atoms with Gasteiger partial charge in [-0.15, -0.1) is 0 Å². The first-order chi connectivity index (χ1) is 8.09. The third kappa shape index (κ3) is 2.48. The van der Waals surface area contributed by atoms with Gasteiger partial charge in [-0.2, -0.15) is 0 Å². The van der Waals surface area contributed by atoms with E-state index in [-0.39, 0.29) is 0 Å². The lowest BCUT2D eigenvalue weighted by molar-refractivity contribution is 0.220. The summed E-state index contributed by atoms with van der Waals surface area (Å²) in [5.41, 5.74) is 3.36. The van der Waals surface area contributed by atoms with Crippen molar-refractivity contribution in [2.45, 2.75) is 20.0 Å². The van der Waals surface area contributed by atoms with E-state index in [9.17, 15) is 5.11 Å². The zero-order valence-electron chi connectivity index (χ0n) is 9.81. The molecule has 1 aromatic carbocycles. The summed E-state index contributed by atoms with van der Waals surface area (Å²) in [6.45, 7) is 3.84. The molecule has 0 saturated carbocycles. The molecule has 2 aromatic rings. The van der Waals surface area contributed by atoms with E-state index in [1.54, 1.807) is 6.20 Å². The molecule has 0 aliphatic rings. The highest BCUT2D eigenvalue weighted by atomic mass is 35.5. The SMILES string of the molecule is Cc1ccc(C(O)c2cccc(C)c2Cl)cn1. The summed E-state index contributed by atoms with van der Waals surface area (Å²) in [7, 11) is 0. The molecule has 0 spiro atoms. The number of aromatic nitrogens is 1. The lowest BCUT2D eigenvalue weighted by Gasteiger charge is -2.14. The number of rotatable bonds is 2. The van der Waals surface area contributed by atoms with Crippen LogP contribution in [-0.2, 0) is 0 Å². The number of pyridine rings is 1. The van der Waals surface area contributed by atoms with Crippen LogP contribution in [0.3, 0.4) is 0 Å². The van der Waals surface area contributed by atoms with Gasteiger partial charge in [0.15, 0.2) is 0 Å². The van der Waals surface area contributed by atoms with Gasteiger partial charge in [-0.25, -0.2) is 0 Å². The number of aliphatic hydroxyl groups excluding tert-OH is 1. The van der Waals surface area contributed by atoms with Crippen LogP contribution in [0.4, 0.5) is 0 Å². The van der Waals surface area contributed by atoms with E-state index in [0.717, 1.165) is 22.4 Å². The van der Waals surface area contributed by atoms with E-state index in [0.29, 0.717) is 5.02 Å². The van der Waals surface area contributed by atoms with Gasteiger partial charge in [-0.3, -0.25) is 4.98 Å². The first-order valence-electron chi connectivity index (χ1n) is 5.45. The van der Waals surface area contributed by atoms with Crippen LogP contribution in [0.1, 0.15) is 28.5 Å². The lowest BCUT2D eigenvalue weighted by Crippen LogP contribution is -2.02. The molecule has 0 saturated heterocycles. The Morgan fingerprint density at radius 2 is 1.94 bits per heavy atom. The van der Waals surface area contributed by atoms with Crippen molar-refractivity contribution in [3.05, 3.63) is 63.9 Å². The number of aliphatic hydroxyl groups is 1. The summed E-state index contributed by atoms with van der Waals surface area (Å²) < 4.78 is 0. The Morgan fingerprint density at radius 1 is 1.18 bits per heavy atom. The molecule has 0 radical (unpaired) electrons. The third-order valence-corrected chi connectivity index (χ3v) is 3.28. The maximum atomic E-state index is 10.3. The minimum Gasteiger partial charge on any atom is -0.384 e. The average Bonchev–Trinajstić information content (AvgIpc) is 2.33. The quantitative estimate of drug-likeness (QED) is 0.882. The molecule has 1 atom stereocenters. The van der Waals surface area contributed by atoms with Crippen molar-refractivity contribution in [2.24, 2.45) is 0 Å². The summed E-state index contributed by atoms with van der Waals surface area (Å²) in [6.07, 6.45) is 0.953. The summed E-state index contributed by atoms with van der Waals surface area (Å²) in [5, 5.41) is 10.9. The largest absolute Gasteiger partial charge is 0.384 e. The fourth-order valence-electron chi connectivity index (χ4n) is 1.70. The number of halogens is 1. The molecule has 3 heteroatoms. The summed E-state index contributed by atoms with van der Waals surface area (Å²) in [6, 6.07) is 9.39. The van der Waals surface area contributed by atoms with Gasteiger partial charge in [0.1, 0.15) is 6.10 Å². The fourth-order valence-corrected chi connectivity index (χ4v) is 1.93. The van der Waals surface area contributed by atoms with Crippen LogP contribution >= 0.6 is 11.6 Å². The third-order valence-electron chi connectivity index (χ3n) is 2.77. The molecule has 0 bridgehead atoms. The Bertz CT molecular complexity index is 522. The zero-order chi connectivity index (χ0) is 12.4. The first-order valence-corrected chi connectivity index (χ1v) is 5.83. The van der Waals surface area contributed by atoms with Crippen molar-refractivity contribution < 1.29 is 5.11 Å². The smallest absolute Gasteiger partial charge is 0.107 e. The van der Waals surface area contributed by atoms with Crippen LogP contribution in [0, 0.1) is 13.8 Å². The summed E-state index contributed by atoms with van der Waals surface area (Å²) in [5.74, 6) is 0. The summed E-state index contributed by atoms with van der Waals surface area (Å²) >= 11 is 6.19. The molecule has 1 heterocycles. The second kappa shape index (κ2) is 4.86. The molecule has 88 valence electrons. The highest BCUT2D eigenvalue weighted by Gasteiger charge is 2.14. The van der Waals surface area contributed by atoms with Crippen LogP contribution in [0.2, 0.25) is 5.02 Å². The molecule has 17 heavy (non-hydrogen) atoms. The van der Waals surface area contributed by atoms with E-state index < -0.39 is 6.10 Å². The van der Waals surface area contributed by atoms with Gasteiger partial charge in [0.05, 0.1) is 0 Å². The number of nitrogens with zero attached hydrogens (tertiary/aromatic N) is 1. The average molecular weight is 248 g/mol. The first kappa shape index (κ1) is 12.1. The van der Waals surface area contributed by atoms with Gasteiger partial charge in [0.2, 0.25) is 0 Å². The standard InChI is InChI=1S/C14H14ClNO/c1-9-4-3-5-12(13(9)15)14(17)11-7-6-10(2)16-8-11/h3-8,14,17H,1-2H3.